The first kappa shape index (κ1) is 13.3. The Morgan fingerprint density at radius 3 is 2.07 bits per heavy atom. The zero-order chi connectivity index (χ0) is 11.3. The average molecular weight is 209 g/mol. The van der Waals surface area contributed by atoms with Crippen LogP contribution in [0, 0.1) is 0 Å². The first-order chi connectivity index (χ1) is 6.45. The summed E-state index contributed by atoms with van der Waals surface area (Å²) in [6.07, 6.45) is -7.09. The Balaban J connectivity index is 4.30. The first-order valence-corrected chi connectivity index (χ1v) is 4.00. The fourth-order valence-electron chi connectivity index (χ4n) is 0.825. The summed E-state index contributed by atoms with van der Waals surface area (Å²) >= 11 is 0. The SMILES string of the molecule is CNC(=O)[C@@H](O)[C@H](O)[C@@H](O)[C@H](O)CO. The lowest BCUT2D eigenvalue weighted by atomic mass is 10.0. The van der Waals surface area contributed by atoms with E-state index in [4.69, 9.17) is 25.5 Å². The Morgan fingerprint density at radius 1 is 1.21 bits per heavy atom. The van der Waals surface area contributed by atoms with Gasteiger partial charge >= 0.3 is 0 Å². The van der Waals surface area contributed by atoms with Crippen molar-refractivity contribution in [2.75, 3.05) is 13.7 Å². The van der Waals surface area contributed by atoms with Crippen LogP contribution in [-0.4, -0.2) is 69.5 Å². The van der Waals surface area contributed by atoms with Crippen molar-refractivity contribution in [2.45, 2.75) is 24.4 Å². The average Bonchev–Trinajstić information content (AvgIpc) is 2.23. The molecule has 0 heterocycles. The van der Waals surface area contributed by atoms with Crippen LogP contribution in [0.4, 0.5) is 0 Å². The summed E-state index contributed by atoms with van der Waals surface area (Å²) in [4.78, 5) is 10.8. The van der Waals surface area contributed by atoms with Gasteiger partial charge in [-0.25, -0.2) is 0 Å². The topological polar surface area (TPSA) is 130 Å². The summed E-state index contributed by atoms with van der Waals surface area (Å²) < 4.78 is 0. The lowest BCUT2D eigenvalue weighted by Crippen LogP contribution is -2.51. The highest BCUT2D eigenvalue weighted by Gasteiger charge is 2.33. The molecule has 0 aromatic rings. The highest BCUT2D eigenvalue weighted by Crippen LogP contribution is 2.04. The molecule has 0 aliphatic carbocycles. The molecule has 0 rings (SSSR count). The molecule has 0 radical (unpaired) electrons. The van der Waals surface area contributed by atoms with Crippen LogP contribution in [0.15, 0.2) is 0 Å². The maximum absolute atomic E-state index is 10.8. The van der Waals surface area contributed by atoms with E-state index >= 15 is 0 Å². The van der Waals surface area contributed by atoms with Crippen molar-refractivity contribution in [3.05, 3.63) is 0 Å². The van der Waals surface area contributed by atoms with Gasteiger partial charge in [0.1, 0.15) is 18.3 Å². The Hall–Kier alpha value is -0.730. The van der Waals surface area contributed by atoms with E-state index in [-0.39, 0.29) is 0 Å². The summed E-state index contributed by atoms with van der Waals surface area (Å²) in [5.41, 5.74) is 0. The molecule has 0 fully saturated rings. The van der Waals surface area contributed by atoms with Crippen molar-refractivity contribution < 1.29 is 30.3 Å². The molecule has 7 nitrogen and oxygen atoms in total. The number of rotatable bonds is 5. The summed E-state index contributed by atoms with van der Waals surface area (Å²) in [6.45, 7) is -0.779. The van der Waals surface area contributed by atoms with Crippen molar-refractivity contribution in [1.82, 2.24) is 5.32 Å². The molecule has 0 aromatic heterocycles. The predicted octanol–water partition coefficient (Wildman–Crippen LogP) is -3.83. The van der Waals surface area contributed by atoms with E-state index in [1.165, 1.54) is 7.05 Å². The molecule has 14 heavy (non-hydrogen) atoms. The molecule has 7 heteroatoms. The molecule has 4 atom stereocenters. The summed E-state index contributed by atoms with van der Waals surface area (Å²) in [6, 6.07) is 0. The number of amides is 1. The van der Waals surface area contributed by atoms with Crippen LogP contribution in [0.1, 0.15) is 0 Å². The predicted molar refractivity (Wildman–Crippen MR) is 45.2 cm³/mol. The normalized spacial score (nSPS) is 19.6. The lowest BCUT2D eigenvalue weighted by Gasteiger charge is -2.24. The molecule has 0 saturated heterocycles. The second-order valence-corrected chi connectivity index (χ2v) is 2.79. The van der Waals surface area contributed by atoms with Crippen LogP contribution in [-0.2, 0) is 4.79 Å². The molecule has 1 amide bonds. The van der Waals surface area contributed by atoms with Gasteiger partial charge in [-0.05, 0) is 0 Å². The van der Waals surface area contributed by atoms with E-state index in [9.17, 15) is 4.79 Å². The molecular weight excluding hydrogens is 194 g/mol. The van der Waals surface area contributed by atoms with Crippen molar-refractivity contribution in [1.29, 1.82) is 0 Å². The maximum atomic E-state index is 10.8. The van der Waals surface area contributed by atoms with Gasteiger partial charge in [0.2, 0.25) is 0 Å². The zero-order valence-corrected chi connectivity index (χ0v) is 7.66. The minimum Gasteiger partial charge on any atom is -0.394 e. The van der Waals surface area contributed by atoms with E-state index in [1.807, 2.05) is 0 Å². The van der Waals surface area contributed by atoms with Gasteiger partial charge in [-0.15, -0.1) is 0 Å². The quantitative estimate of drug-likeness (QED) is 0.275. The Kier molecular flexibility index (Phi) is 5.58. The largest absolute Gasteiger partial charge is 0.394 e. The molecule has 0 spiro atoms. The molecule has 6 N–H and O–H groups in total. The van der Waals surface area contributed by atoms with Gasteiger partial charge in [0.05, 0.1) is 6.61 Å². The second-order valence-electron chi connectivity index (χ2n) is 2.79. The minimum atomic E-state index is -1.85. The van der Waals surface area contributed by atoms with Gasteiger partial charge < -0.3 is 30.8 Å². The van der Waals surface area contributed by atoms with E-state index in [0.717, 1.165) is 0 Å². The third-order valence-electron chi connectivity index (χ3n) is 1.77. The number of carbonyl (C=O) groups excluding carboxylic acids is 1. The van der Waals surface area contributed by atoms with E-state index in [1.54, 1.807) is 0 Å². The maximum Gasteiger partial charge on any atom is 0.251 e. The molecule has 0 aliphatic rings. The monoisotopic (exact) mass is 209 g/mol. The van der Waals surface area contributed by atoms with Crippen molar-refractivity contribution in [3.8, 4) is 0 Å². The van der Waals surface area contributed by atoms with Crippen LogP contribution in [0.2, 0.25) is 0 Å². The van der Waals surface area contributed by atoms with Crippen molar-refractivity contribution >= 4 is 5.91 Å². The summed E-state index contributed by atoms with van der Waals surface area (Å²) in [7, 11) is 1.24. The number of aliphatic hydroxyl groups excluding tert-OH is 5. The van der Waals surface area contributed by atoms with Crippen LogP contribution in [0.25, 0.3) is 0 Å². The standard InChI is InChI=1S/C7H15NO6/c1-8-7(14)6(13)5(12)4(11)3(10)2-9/h3-6,9-13H,2H2,1H3,(H,8,14)/t3-,4+,5-,6+/m1/s1. The van der Waals surface area contributed by atoms with Gasteiger partial charge in [-0.3, -0.25) is 4.79 Å². The van der Waals surface area contributed by atoms with E-state index in [2.05, 4.69) is 5.32 Å². The second kappa shape index (κ2) is 5.89. The first-order valence-electron chi connectivity index (χ1n) is 4.00. The van der Waals surface area contributed by atoms with E-state index < -0.39 is 36.9 Å². The van der Waals surface area contributed by atoms with Gasteiger partial charge in [0, 0.05) is 7.05 Å². The number of nitrogens with one attached hydrogen (secondary N) is 1. The number of hydrogen-bond donors (Lipinski definition) is 6. The van der Waals surface area contributed by atoms with Gasteiger partial charge in [0.15, 0.2) is 6.10 Å². The number of carbonyl (C=O) groups is 1. The molecule has 0 aromatic carbocycles. The molecular formula is C7H15NO6. The number of aliphatic hydroxyl groups is 5. The van der Waals surface area contributed by atoms with Crippen molar-refractivity contribution in [3.63, 3.8) is 0 Å². The molecule has 0 aliphatic heterocycles. The fraction of sp³-hybridized carbons (Fsp3) is 0.857. The Morgan fingerprint density at radius 2 is 1.71 bits per heavy atom. The summed E-state index contributed by atoms with van der Waals surface area (Å²) in [5.74, 6) is -0.887. The summed E-state index contributed by atoms with van der Waals surface area (Å²) in [5, 5.41) is 46.7. The third kappa shape index (κ3) is 3.20. The Labute approximate surface area is 80.6 Å². The minimum absolute atomic E-state index is 0.779. The highest BCUT2D eigenvalue weighted by molar-refractivity contribution is 5.80. The van der Waals surface area contributed by atoms with Crippen LogP contribution in [0.5, 0.6) is 0 Å². The number of hydrogen-bond acceptors (Lipinski definition) is 6. The highest BCUT2D eigenvalue weighted by atomic mass is 16.4. The van der Waals surface area contributed by atoms with Crippen molar-refractivity contribution in [2.24, 2.45) is 0 Å². The van der Waals surface area contributed by atoms with E-state index in [0.29, 0.717) is 0 Å². The van der Waals surface area contributed by atoms with Crippen LogP contribution >= 0.6 is 0 Å². The molecule has 0 saturated carbocycles. The fourth-order valence-corrected chi connectivity index (χ4v) is 0.825. The lowest BCUT2D eigenvalue weighted by molar-refractivity contribution is -0.148. The van der Waals surface area contributed by atoms with Gasteiger partial charge in [-0.1, -0.05) is 0 Å². The van der Waals surface area contributed by atoms with Gasteiger partial charge in [-0.2, -0.15) is 0 Å². The number of likely N-dealkylation sites (N-methyl/N-ethyl adjacent to an activating group) is 1. The molecule has 0 bridgehead atoms. The van der Waals surface area contributed by atoms with Gasteiger partial charge in [0.25, 0.3) is 5.91 Å². The van der Waals surface area contributed by atoms with Crippen LogP contribution < -0.4 is 5.32 Å². The smallest absolute Gasteiger partial charge is 0.251 e. The zero-order valence-electron chi connectivity index (χ0n) is 7.66. The Bertz CT molecular complexity index is 187. The van der Waals surface area contributed by atoms with Crippen LogP contribution in [0.3, 0.4) is 0 Å². The third-order valence-corrected chi connectivity index (χ3v) is 1.77. The molecule has 0 unspecified atom stereocenters. The molecule has 84 valence electrons.